The minimum absolute atomic E-state index is 0.219. The maximum absolute atomic E-state index is 12.8. The van der Waals surface area contributed by atoms with Crippen LogP contribution in [0.3, 0.4) is 0 Å². The zero-order valence-electron chi connectivity index (χ0n) is 11.8. The molecule has 6 heteroatoms. The Bertz CT molecular complexity index is 920. The Balaban J connectivity index is 2.38. The van der Waals surface area contributed by atoms with Gasteiger partial charge in [0.2, 0.25) is 0 Å². The van der Waals surface area contributed by atoms with E-state index in [-0.39, 0.29) is 10.7 Å². The lowest BCUT2D eigenvalue weighted by atomic mass is 10.1. The molecule has 0 aliphatic rings. The molecule has 0 atom stereocenters. The molecule has 1 amide bonds. The molecule has 0 aliphatic heterocycles. The van der Waals surface area contributed by atoms with Crippen LogP contribution < -0.4 is 11.3 Å². The molecule has 22 heavy (non-hydrogen) atoms. The first-order valence-corrected chi connectivity index (χ1v) is 7.44. The number of benzene rings is 2. The topological polar surface area (TPSA) is 78.0 Å². The lowest BCUT2D eigenvalue weighted by Gasteiger charge is -2.12. The monoisotopic (exact) mass is 311 g/mol. The van der Waals surface area contributed by atoms with Crippen molar-refractivity contribution in [2.75, 3.05) is 0 Å². The van der Waals surface area contributed by atoms with Gasteiger partial charge in [0.25, 0.3) is 10.8 Å². The Morgan fingerprint density at radius 3 is 2.59 bits per heavy atom. The summed E-state index contributed by atoms with van der Waals surface area (Å²) in [5.74, 6) is 0. The molecule has 0 fully saturated rings. The summed E-state index contributed by atoms with van der Waals surface area (Å²) < 4.78 is 1.41. The summed E-state index contributed by atoms with van der Waals surface area (Å²) in [7, 11) is 0. The molecule has 0 bridgehead atoms. The molecule has 0 unspecified atom stereocenters. The Morgan fingerprint density at radius 2 is 1.91 bits per heavy atom. The summed E-state index contributed by atoms with van der Waals surface area (Å²) >= 11 is 0.744. The second kappa shape index (κ2) is 5.65. The van der Waals surface area contributed by atoms with E-state index < -0.39 is 5.24 Å². The number of amides is 1. The molecular formula is C16H13N3O2S. The van der Waals surface area contributed by atoms with E-state index in [1.54, 1.807) is 24.3 Å². The summed E-state index contributed by atoms with van der Waals surface area (Å²) in [6.07, 6.45) is 0. The molecule has 2 aromatic carbocycles. The van der Waals surface area contributed by atoms with Gasteiger partial charge in [-0.1, -0.05) is 29.8 Å². The number of aryl methyl sites for hydroxylation is 1. The number of rotatable bonds is 2. The van der Waals surface area contributed by atoms with E-state index in [4.69, 9.17) is 5.73 Å². The van der Waals surface area contributed by atoms with Crippen LogP contribution in [0.2, 0.25) is 0 Å². The van der Waals surface area contributed by atoms with Gasteiger partial charge < -0.3 is 5.73 Å². The summed E-state index contributed by atoms with van der Waals surface area (Å²) in [6, 6.07) is 14.5. The number of thioether (sulfide) groups is 1. The van der Waals surface area contributed by atoms with Crippen molar-refractivity contribution < 1.29 is 4.79 Å². The Hall–Kier alpha value is -2.60. The highest BCUT2D eigenvalue weighted by Gasteiger charge is 2.15. The van der Waals surface area contributed by atoms with Crippen LogP contribution in [0.15, 0.2) is 58.5 Å². The normalized spacial score (nSPS) is 10.8. The summed E-state index contributed by atoms with van der Waals surface area (Å²) in [5, 5.41) is 0.167. The maximum atomic E-state index is 12.8. The first kappa shape index (κ1) is 14.3. The van der Waals surface area contributed by atoms with E-state index in [0.29, 0.717) is 16.6 Å². The second-order valence-corrected chi connectivity index (χ2v) is 5.78. The van der Waals surface area contributed by atoms with Crippen LogP contribution in [0, 0.1) is 6.92 Å². The van der Waals surface area contributed by atoms with Crippen LogP contribution in [0.1, 0.15) is 5.56 Å². The Labute approximate surface area is 130 Å². The largest absolute Gasteiger partial charge is 0.360 e. The van der Waals surface area contributed by atoms with Crippen molar-refractivity contribution in [3.8, 4) is 5.69 Å². The van der Waals surface area contributed by atoms with Gasteiger partial charge in [0.05, 0.1) is 16.6 Å². The van der Waals surface area contributed by atoms with E-state index >= 15 is 0 Å². The third-order valence-electron chi connectivity index (χ3n) is 3.20. The zero-order chi connectivity index (χ0) is 15.7. The highest BCUT2D eigenvalue weighted by Crippen LogP contribution is 2.21. The highest BCUT2D eigenvalue weighted by atomic mass is 32.2. The number of carbonyl (C=O) groups excluding carboxylic acids is 1. The molecule has 0 spiro atoms. The molecule has 3 aromatic rings. The lowest BCUT2D eigenvalue weighted by Crippen LogP contribution is -2.22. The van der Waals surface area contributed by atoms with Gasteiger partial charge in [-0.3, -0.25) is 14.2 Å². The fourth-order valence-corrected chi connectivity index (χ4v) is 2.85. The number of fused-ring (bicyclic) bond motifs is 1. The number of nitrogens with zero attached hydrogens (tertiary/aromatic N) is 2. The number of hydrogen-bond donors (Lipinski definition) is 1. The van der Waals surface area contributed by atoms with Crippen LogP contribution in [0.4, 0.5) is 4.79 Å². The number of aromatic nitrogens is 2. The van der Waals surface area contributed by atoms with E-state index in [1.807, 2.05) is 31.2 Å². The number of hydrogen-bond acceptors (Lipinski definition) is 4. The zero-order valence-corrected chi connectivity index (χ0v) is 12.6. The van der Waals surface area contributed by atoms with Gasteiger partial charge in [-0.05, 0) is 31.2 Å². The molecule has 1 heterocycles. The average Bonchev–Trinajstić information content (AvgIpc) is 2.49. The Kier molecular flexibility index (Phi) is 3.68. The smallest absolute Gasteiger partial charge is 0.284 e. The lowest BCUT2D eigenvalue weighted by molar-refractivity contribution is 0.267. The van der Waals surface area contributed by atoms with Crippen molar-refractivity contribution in [2.45, 2.75) is 12.1 Å². The van der Waals surface area contributed by atoms with E-state index in [2.05, 4.69) is 4.98 Å². The average molecular weight is 311 g/mol. The minimum Gasteiger partial charge on any atom is -0.360 e. The van der Waals surface area contributed by atoms with Gasteiger partial charge in [0, 0.05) is 11.8 Å². The van der Waals surface area contributed by atoms with Gasteiger partial charge in [0.1, 0.15) is 0 Å². The fraction of sp³-hybridized carbons (Fsp3) is 0.0625. The van der Waals surface area contributed by atoms with Gasteiger partial charge in [-0.2, -0.15) is 0 Å². The van der Waals surface area contributed by atoms with Crippen molar-refractivity contribution >= 4 is 27.9 Å². The number of nitrogens with two attached hydrogens (primary N) is 1. The second-order valence-electron chi connectivity index (χ2n) is 4.81. The Morgan fingerprint density at radius 1 is 1.18 bits per heavy atom. The molecule has 0 saturated heterocycles. The number of para-hydroxylation sites is 1. The molecule has 2 N–H and O–H groups in total. The van der Waals surface area contributed by atoms with Crippen molar-refractivity contribution in [3.63, 3.8) is 0 Å². The van der Waals surface area contributed by atoms with Gasteiger partial charge >= 0.3 is 0 Å². The first-order chi connectivity index (χ1) is 10.6. The van der Waals surface area contributed by atoms with Crippen LogP contribution in [-0.2, 0) is 0 Å². The van der Waals surface area contributed by atoms with Crippen LogP contribution in [0.5, 0.6) is 0 Å². The molecule has 3 rings (SSSR count). The number of carbonyl (C=O) groups is 1. The van der Waals surface area contributed by atoms with Crippen molar-refractivity contribution in [1.82, 2.24) is 9.55 Å². The minimum atomic E-state index is -0.608. The van der Waals surface area contributed by atoms with Gasteiger partial charge in [0.15, 0.2) is 5.16 Å². The summed E-state index contributed by atoms with van der Waals surface area (Å²) in [4.78, 5) is 28.5. The first-order valence-electron chi connectivity index (χ1n) is 6.62. The van der Waals surface area contributed by atoms with Crippen LogP contribution in [-0.4, -0.2) is 14.8 Å². The number of primary amides is 1. The van der Waals surface area contributed by atoms with Crippen molar-refractivity contribution in [2.24, 2.45) is 5.73 Å². The fourth-order valence-electron chi connectivity index (χ4n) is 2.24. The molecular weight excluding hydrogens is 298 g/mol. The highest BCUT2D eigenvalue weighted by molar-refractivity contribution is 8.13. The third kappa shape index (κ3) is 2.60. The summed E-state index contributed by atoms with van der Waals surface area (Å²) in [6.45, 7) is 1.91. The SMILES string of the molecule is Cc1ccc2nc(SC(N)=O)n(-c3ccccc3)c(=O)c2c1. The molecule has 0 aliphatic carbocycles. The van der Waals surface area contributed by atoms with Crippen LogP contribution >= 0.6 is 11.8 Å². The van der Waals surface area contributed by atoms with Crippen molar-refractivity contribution in [1.29, 1.82) is 0 Å². The quantitative estimate of drug-likeness (QED) is 0.583. The van der Waals surface area contributed by atoms with E-state index in [1.165, 1.54) is 4.57 Å². The maximum Gasteiger partial charge on any atom is 0.284 e. The third-order valence-corrected chi connectivity index (χ3v) is 3.86. The molecule has 0 radical (unpaired) electrons. The molecule has 0 saturated carbocycles. The van der Waals surface area contributed by atoms with Crippen molar-refractivity contribution in [3.05, 3.63) is 64.4 Å². The predicted molar refractivity (Wildman–Crippen MR) is 87.5 cm³/mol. The van der Waals surface area contributed by atoms with E-state index in [9.17, 15) is 9.59 Å². The predicted octanol–water partition coefficient (Wildman–Crippen LogP) is 2.86. The molecule has 110 valence electrons. The molecule has 1 aromatic heterocycles. The standard InChI is InChI=1S/C16H13N3O2S/c1-10-7-8-13-12(9-10)14(20)19(11-5-3-2-4-6-11)16(18-13)22-15(17)21/h2-9H,1H3,(H2,17,21). The van der Waals surface area contributed by atoms with Crippen LogP contribution in [0.25, 0.3) is 16.6 Å². The molecule has 5 nitrogen and oxygen atoms in total. The van der Waals surface area contributed by atoms with Gasteiger partial charge in [-0.25, -0.2) is 4.98 Å². The summed E-state index contributed by atoms with van der Waals surface area (Å²) in [5.41, 5.74) is 7.21. The van der Waals surface area contributed by atoms with Gasteiger partial charge in [-0.15, -0.1) is 0 Å². The van der Waals surface area contributed by atoms with E-state index in [0.717, 1.165) is 17.3 Å².